The van der Waals surface area contributed by atoms with Crippen LogP contribution >= 0.6 is 0 Å². The molecular formula is C20H27FN4O3. The molecule has 1 aliphatic heterocycles. The van der Waals surface area contributed by atoms with Crippen molar-refractivity contribution in [2.24, 2.45) is 5.92 Å². The number of nitrogens with zero attached hydrogens (tertiary/aromatic N) is 2. The summed E-state index contributed by atoms with van der Waals surface area (Å²) >= 11 is 0. The molecule has 0 bridgehead atoms. The fraction of sp³-hybridized carbons (Fsp3) is 0.550. The van der Waals surface area contributed by atoms with Crippen molar-refractivity contribution >= 4 is 23.4 Å². The Morgan fingerprint density at radius 3 is 2.61 bits per heavy atom. The lowest BCUT2D eigenvalue weighted by atomic mass is 9.97. The number of likely N-dealkylation sites (tertiary alicyclic amines) is 1. The van der Waals surface area contributed by atoms with E-state index in [1.165, 1.54) is 12.1 Å². The number of hydrogen-bond donors (Lipinski definition) is 2. The molecule has 1 fully saturated rings. The van der Waals surface area contributed by atoms with E-state index in [-0.39, 0.29) is 24.1 Å². The lowest BCUT2D eigenvalue weighted by molar-refractivity contribution is -0.115. The van der Waals surface area contributed by atoms with Crippen LogP contribution < -0.4 is 10.6 Å². The van der Waals surface area contributed by atoms with Gasteiger partial charge in [0.1, 0.15) is 17.8 Å². The van der Waals surface area contributed by atoms with E-state index in [1.54, 1.807) is 17.0 Å². The maximum Gasteiger partial charge on any atom is 0.410 e. The number of halogens is 1. The molecule has 0 unspecified atom stereocenters. The molecule has 1 saturated heterocycles. The summed E-state index contributed by atoms with van der Waals surface area (Å²) in [6.45, 7) is 7.20. The summed E-state index contributed by atoms with van der Waals surface area (Å²) in [5.74, 6) is -0.691. The van der Waals surface area contributed by atoms with E-state index in [0.717, 1.165) is 12.8 Å². The minimum absolute atomic E-state index is 0.211. The summed E-state index contributed by atoms with van der Waals surface area (Å²) in [5, 5.41) is 14.2. The number of piperidine rings is 1. The Bertz CT molecular complexity index is 747. The van der Waals surface area contributed by atoms with Crippen LogP contribution in [0, 0.1) is 23.1 Å². The summed E-state index contributed by atoms with van der Waals surface area (Å²) < 4.78 is 19.6. The third-order valence-corrected chi connectivity index (χ3v) is 4.36. The molecule has 2 N–H and O–H groups in total. The number of nitrogens with one attached hydrogen (secondary N) is 2. The molecule has 0 atom stereocenters. The predicted molar refractivity (Wildman–Crippen MR) is 104 cm³/mol. The zero-order valence-electron chi connectivity index (χ0n) is 16.5. The fourth-order valence-corrected chi connectivity index (χ4v) is 2.97. The first-order valence-electron chi connectivity index (χ1n) is 9.36. The van der Waals surface area contributed by atoms with E-state index >= 15 is 0 Å². The third-order valence-electron chi connectivity index (χ3n) is 4.36. The maximum absolute atomic E-state index is 14.2. The van der Waals surface area contributed by atoms with Crippen LogP contribution in [0.5, 0.6) is 0 Å². The number of nitriles is 1. The number of benzene rings is 1. The molecular weight excluding hydrogens is 363 g/mol. The number of ether oxygens (including phenoxy) is 1. The topological polar surface area (TPSA) is 94.5 Å². The van der Waals surface area contributed by atoms with Crippen LogP contribution in [0.3, 0.4) is 0 Å². The van der Waals surface area contributed by atoms with Gasteiger partial charge in [0, 0.05) is 19.6 Å². The van der Waals surface area contributed by atoms with Crippen molar-refractivity contribution in [3.8, 4) is 6.07 Å². The maximum atomic E-state index is 14.2. The second-order valence-electron chi connectivity index (χ2n) is 7.84. The second-order valence-corrected chi connectivity index (χ2v) is 7.84. The Kier molecular flexibility index (Phi) is 7.21. The zero-order valence-corrected chi connectivity index (χ0v) is 16.5. The Balaban J connectivity index is 1.89. The lowest BCUT2D eigenvalue weighted by Gasteiger charge is -2.33. The van der Waals surface area contributed by atoms with Crippen LogP contribution in [0.15, 0.2) is 18.2 Å². The Morgan fingerprint density at radius 1 is 1.32 bits per heavy atom. The number of carbonyl (C=O) groups excluding carboxylic acids is 2. The van der Waals surface area contributed by atoms with Crippen molar-refractivity contribution in [3.05, 3.63) is 24.0 Å². The molecule has 152 valence electrons. The van der Waals surface area contributed by atoms with E-state index in [4.69, 9.17) is 10.00 Å². The van der Waals surface area contributed by atoms with Crippen LogP contribution in [0.2, 0.25) is 0 Å². The standard InChI is InChI=1S/C20H27FN4O3/c1-20(2,3)28-19(27)25-11-8-14(9-12-25)13-23-18-15(21)5-4-6-16(18)24-17(26)7-10-22/h4-6,14,23H,7-9,11-13H2,1-3H3,(H,24,26). The molecule has 7 nitrogen and oxygen atoms in total. The highest BCUT2D eigenvalue weighted by atomic mass is 19.1. The molecule has 0 saturated carbocycles. The first kappa shape index (κ1) is 21.5. The predicted octanol–water partition coefficient (Wildman–Crippen LogP) is 3.74. The van der Waals surface area contributed by atoms with Gasteiger partial charge >= 0.3 is 6.09 Å². The molecule has 2 amide bonds. The molecule has 1 aromatic rings. The summed E-state index contributed by atoms with van der Waals surface area (Å²) in [7, 11) is 0. The van der Waals surface area contributed by atoms with Crippen molar-refractivity contribution in [2.75, 3.05) is 30.3 Å². The summed E-state index contributed by atoms with van der Waals surface area (Å²) in [4.78, 5) is 25.5. The number of carbonyl (C=O) groups is 2. The van der Waals surface area contributed by atoms with Gasteiger partial charge in [0.25, 0.3) is 0 Å². The van der Waals surface area contributed by atoms with Crippen molar-refractivity contribution in [3.63, 3.8) is 0 Å². The van der Waals surface area contributed by atoms with E-state index in [0.29, 0.717) is 25.3 Å². The molecule has 0 spiro atoms. The van der Waals surface area contributed by atoms with Gasteiger partial charge in [0.15, 0.2) is 0 Å². The van der Waals surface area contributed by atoms with Crippen LogP contribution in [0.25, 0.3) is 0 Å². The van der Waals surface area contributed by atoms with Gasteiger partial charge in [-0.1, -0.05) is 6.07 Å². The van der Waals surface area contributed by atoms with Crippen molar-refractivity contribution < 1.29 is 18.7 Å². The van der Waals surface area contributed by atoms with Gasteiger partial charge in [-0.3, -0.25) is 4.79 Å². The summed E-state index contributed by atoms with van der Waals surface area (Å²) in [5.41, 5.74) is 0.00184. The molecule has 0 aromatic heterocycles. The fourth-order valence-electron chi connectivity index (χ4n) is 2.97. The van der Waals surface area contributed by atoms with Gasteiger partial charge < -0.3 is 20.3 Å². The van der Waals surface area contributed by atoms with Crippen molar-refractivity contribution in [1.29, 1.82) is 5.26 Å². The molecule has 0 radical (unpaired) electrons. The van der Waals surface area contributed by atoms with Crippen molar-refractivity contribution in [1.82, 2.24) is 4.90 Å². The van der Waals surface area contributed by atoms with Crippen LogP contribution in [0.4, 0.5) is 20.6 Å². The number of amides is 2. The number of hydrogen-bond acceptors (Lipinski definition) is 5. The first-order chi connectivity index (χ1) is 13.2. The molecule has 1 aromatic carbocycles. The second kappa shape index (κ2) is 9.40. The largest absolute Gasteiger partial charge is 0.444 e. The highest BCUT2D eigenvalue weighted by molar-refractivity contribution is 5.95. The van der Waals surface area contributed by atoms with E-state index in [2.05, 4.69) is 10.6 Å². The number of anilines is 2. The average Bonchev–Trinajstić information content (AvgIpc) is 2.60. The zero-order chi connectivity index (χ0) is 20.7. The Labute approximate surface area is 164 Å². The Hall–Kier alpha value is -2.82. The van der Waals surface area contributed by atoms with E-state index in [1.807, 2.05) is 20.8 Å². The number of rotatable bonds is 5. The smallest absolute Gasteiger partial charge is 0.410 e. The molecule has 2 rings (SSSR count). The molecule has 1 aliphatic rings. The average molecular weight is 390 g/mol. The molecule has 28 heavy (non-hydrogen) atoms. The monoisotopic (exact) mass is 390 g/mol. The van der Waals surface area contributed by atoms with Gasteiger partial charge in [-0.25, -0.2) is 9.18 Å². The van der Waals surface area contributed by atoms with E-state index < -0.39 is 17.3 Å². The van der Waals surface area contributed by atoms with Crippen LogP contribution in [-0.2, 0) is 9.53 Å². The van der Waals surface area contributed by atoms with Crippen LogP contribution in [-0.4, -0.2) is 42.1 Å². The normalized spacial score (nSPS) is 14.9. The van der Waals surface area contributed by atoms with Gasteiger partial charge in [0.2, 0.25) is 5.91 Å². The summed E-state index contributed by atoms with van der Waals surface area (Å²) in [6, 6.07) is 6.17. The van der Waals surface area contributed by atoms with Gasteiger partial charge in [-0.15, -0.1) is 0 Å². The van der Waals surface area contributed by atoms with Crippen molar-refractivity contribution in [2.45, 2.75) is 45.6 Å². The highest BCUT2D eigenvalue weighted by Gasteiger charge is 2.27. The van der Waals surface area contributed by atoms with E-state index in [9.17, 15) is 14.0 Å². The minimum Gasteiger partial charge on any atom is -0.444 e. The lowest BCUT2D eigenvalue weighted by Crippen LogP contribution is -2.42. The first-order valence-corrected chi connectivity index (χ1v) is 9.36. The van der Waals surface area contributed by atoms with Gasteiger partial charge in [-0.05, 0) is 51.7 Å². The van der Waals surface area contributed by atoms with Gasteiger partial charge in [-0.2, -0.15) is 5.26 Å². The Morgan fingerprint density at radius 2 is 2.00 bits per heavy atom. The quantitative estimate of drug-likeness (QED) is 0.799. The molecule has 1 heterocycles. The van der Waals surface area contributed by atoms with Crippen LogP contribution in [0.1, 0.15) is 40.0 Å². The summed E-state index contributed by atoms with van der Waals surface area (Å²) in [6.07, 6.45) is 0.947. The SMILES string of the molecule is CC(C)(C)OC(=O)N1CCC(CNc2c(F)cccc2NC(=O)CC#N)CC1. The van der Waals surface area contributed by atoms with Gasteiger partial charge in [0.05, 0.1) is 17.4 Å². The molecule has 0 aliphatic carbocycles. The highest BCUT2D eigenvalue weighted by Crippen LogP contribution is 2.27. The third kappa shape index (κ3) is 6.41. The number of para-hydroxylation sites is 1. The minimum atomic E-state index is -0.521. The molecule has 8 heteroatoms.